The highest BCUT2D eigenvalue weighted by Gasteiger charge is 2.27. The number of benzene rings is 1. The molecule has 2 N–H and O–H groups in total. The smallest absolute Gasteiger partial charge is 0.337 e. The number of carbonyl (C=O) groups is 1. The summed E-state index contributed by atoms with van der Waals surface area (Å²) in [5.41, 5.74) is 1.00. The van der Waals surface area contributed by atoms with Gasteiger partial charge in [0.25, 0.3) is 0 Å². The average molecular weight is 279 g/mol. The van der Waals surface area contributed by atoms with Crippen LogP contribution in [0, 0.1) is 5.41 Å². The van der Waals surface area contributed by atoms with Crippen LogP contribution in [0.4, 0.5) is 5.69 Å². The van der Waals surface area contributed by atoms with E-state index in [-0.39, 0.29) is 11.0 Å². The molecule has 2 rings (SSSR count). The van der Waals surface area contributed by atoms with E-state index in [0.29, 0.717) is 11.4 Å². The van der Waals surface area contributed by atoms with Crippen LogP contribution >= 0.6 is 0 Å². The van der Waals surface area contributed by atoms with E-state index >= 15 is 0 Å². The Morgan fingerprint density at radius 1 is 1.45 bits per heavy atom. The molecule has 1 aromatic carbocycles. The van der Waals surface area contributed by atoms with Gasteiger partial charge in [0, 0.05) is 25.8 Å². The summed E-state index contributed by atoms with van der Waals surface area (Å²) in [6.07, 6.45) is 1.96. The lowest BCUT2D eigenvalue weighted by Gasteiger charge is -2.34. The average Bonchev–Trinajstić information content (AvgIpc) is 2.45. The molecule has 0 atom stereocenters. The summed E-state index contributed by atoms with van der Waals surface area (Å²) in [5, 5.41) is 12.5. The maximum atomic E-state index is 11.3. The summed E-state index contributed by atoms with van der Waals surface area (Å²) in [7, 11) is 1.57. The van der Waals surface area contributed by atoms with E-state index in [9.17, 15) is 9.90 Å². The van der Waals surface area contributed by atoms with Crippen LogP contribution in [0.1, 0.15) is 30.1 Å². The number of nitrogens with one attached hydrogen (secondary N) is 1. The van der Waals surface area contributed by atoms with Crippen molar-refractivity contribution >= 4 is 11.7 Å². The molecule has 0 aromatic heterocycles. The van der Waals surface area contributed by atoms with Crippen LogP contribution in [-0.2, 0) is 4.74 Å². The number of carboxylic acids is 1. The number of hydrogen-bond donors (Lipinski definition) is 2. The number of methoxy groups -OCH3 is 1. The molecule has 0 spiro atoms. The fourth-order valence-corrected chi connectivity index (χ4v) is 2.33. The molecule has 1 saturated heterocycles. The van der Waals surface area contributed by atoms with E-state index in [1.807, 2.05) is 0 Å². The number of ether oxygens (including phenoxy) is 2. The normalized spacial score (nSPS) is 17.5. The third-order valence-electron chi connectivity index (χ3n) is 3.86. The highest BCUT2D eigenvalue weighted by atomic mass is 16.5. The van der Waals surface area contributed by atoms with Gasteiger partial charge in [-0.2, -0.15) is 0 Å². The lowest BCUT2D eigenvalue weighted by Crippen LogP contribution is -2.33. The fourth-order valence-electron chi connectivity index (χ4n) is 2.33. The van der Waals surface area contributed by atoms with Crippen molar-refractivity contribution in [3.05, 3.63) is 23.8 Å². The van der Waals surface area contributed by atoms with Gasteiger partial charge >= 0.3 is 5.97 Å². The molecule has 0 unspecified atom stereocenters. The topological polar surface area (TPSA) is 67.8 Å². The third kappa shape index (κ3) is 3.42. The first kappa shape index (κ1) is 14.7. The second kappa shape index (κ2) is 6.13. The number of anilines is 1. The molecule has 0 radical (unpaired) electrons. The number of rotatable bonds is 5. The van der Waals surface area contributed by atoms with Crippen molar-refractivity contribution in [2.24, 2.45) is 5.41 Å². The maximum Gasteiger partial charge on any atom is 0.337 e. The molecule has 0 aliphatic carbocycles. The van der Waals surface area contributed by atoms with Crippen LogP contribution in [0.2, 0.25) is 0 Å². The summed E-state index contributed by atoms with van der Waals surface area (Å²) < 4.78 is 10.5. The quantitative estimate of drug-likeness (QED) is 0.867. The summed E-state index contributed by atoms with van der Waals surface area (Å²) in [4.78, 5) is 11.3. The standard InChI is InChI=1S/C15H21NO4/c1-15(5-7-20-8-6-15)10-16-13-9-11(19-2)3-4-12(13)14(17)18/h3-4,9,16H,5-8,10H2,1-2H3,(H,17,18). The Morgan fingerprint density at radius 2 is 2.15 bits per heavy atom. The number of hydrogen-bond acceptors (Lipinski definition) is 4. The molecule has 1 aliphatic heterocycles. The molecule has 1 aromatic rings. The highest BCUT2D eigenvalue weighted by Crippen LogP contribution is 2.31. The first-order valence-electron chi connectivity index (χ1n) is 6.77. The lowest BCUT2D eigenvalue weighted by atomic mass is 9.82. The Hall–Kier alpha value is -1.75. The third-order valence-corrected chi connectivity index (χ3v) is 3.86. The van der Waals surface area contributed by atoms with Crippen molar-refractivity contribution in [2.75, 3.05) is 32.2 Å². The molecule has 5 heteroatoms. The van der Waals surface area contributed by atoms with Crippen molar-refractivity contribution in [2.45, 2.75) is 19.8 Å². The van der Waals surface area contributed by atoms with Crippen LogP contribution in [0.5, 0.6) is 5.75 Å². The second-order valence-corrected chi connectivity index (χ2v) is 5.49. The zero-order valence-corrected chi connectivity index (χ0v) is 11.9. The summed E-state index contributed by atoms with van der Waals surface area (Å²) in [6, 6.07) is 4.95. The minimum Gasteiger partial charge on any atom is -0.497 e. The van der Waals surface area contributed by atoms with Gasteiger partial charge in [-0.3, -0.25) is 0 Å². The molecule has 0 bridgehead atoms. The first-order valence-corrected chi connectivity index (χ1v) is 6.77. The Labute approximate surface area is 118 Å². The van der Waals surface area contributed by atoms with Gasteiger partial charge in [-0.15, -0.1) is 0 Å². The molecule has 0 amide bonds. The number of aromatic carboxylic acids is 1. The lowest BCUT2D eigenvalue weighted by molar-refractivity contribution is 0.0299. The van der Waals surface area contributed by atoms with Crippen LogP contribution in [0.15, 0.2) is 18.2 Å². The molecule has 1 fully saturated rings. The molecular formula is C15H21NO4. The Kier molecular flexibility index (Phi) is 4.49. The molecular weight excluding hydrogens is 258 g/mol. The Morgan fingerprint density at radius 3 is 2.75 bits per heavy atom. The summed E-state index contributed by atoms with van der Waals surface area (Å²) in [6.45, 7) is 4.46. The van der Waals surface area contributed by atoms with E-state index < -0.39 is 5.97 Å². The van der Waals surface area contributed by atoms with E-state index in [4.69, 9.17) is 9.47 Å². The largest absolute Gasteiger partial charge is 0.497 e. The molecule has 20 heavy (non-hydrogen) atoms. The molecule has 1 aliphatic rings. The molecule has 1 heterocycles. The predicted molar refractivity (Wildman–Crippen MR) is 76.6 cm³/mol. The van der Waals surface area contributed by atoms with Gasteiger partial charge in [0.1, 0.15) is 5.75 Å². The van der Waals surface area contributed by atoms with Gasteiger partial charge in [0.2, 0.25) is 0 Å². The zero-order chi connectivity index (χ0) is 14.6. The number of carboxylic acid groups (broad SMARTS) is 1. The van der Waals surface area contributed by atoms with Crippen molar-refractivity contribution < 1.29 is 19.4 Å². The summed E-state index contributed by atoms with van der Waals surface area (Å²) >= 11 is 0. The van der Waals surface area contributed by atoms with Crippen LogP contribution in [0.3, 0.4) is 0 Å². The van der Waals surface area contributed by atoms with Crippen molar-refractivity contribution in [1.82, 2.24) is 0 Å². The van der Waals surface area contributed by atoms with Crippen LogP contribution < -0.4 is 10.1 Å². The molecule has 0 saturated carbocycles. The first-order chi connectivity index (χ1) is 9.54. The van der Waals surface area contributed by atoms with Gasteiger partial charge in [-0.25, -0.2) is 4.79 Å². The minimum absolute atomic E-state index is 0.136. The second-order valence-electron chi connectivity index (χ2n) is 5.49. The van der Waals surface area contributed by atoms with E-state index in [1.165, 1.54) is 0 Å². The van der Waals surface area contributed by atoms with Gasteiger partial charge < -0.3 is 19.9 Å². The SMILES string of the molecule is COc1ccc(C(=O)O)c(NCC2(C)CCOCC2)c1. The van der Waals surface area contributed by atoms with Crippen LogP contribution in [0.25, 0.3) is 0 Å². The molecule has 110 valence electrons. The summed E-state index contributed by atoms with van der Waals surface area (Å²) in [5.74, 6) is -0.290. The predicted octanol–water partition coefficient (Wildman–Crippen LogP) is 2.62. The van der Waals surface area contributed by atoms with Crippen LogP contribution in [-0.4, -0.2) is 37.9 Å². The van der Waals surface area contributed by atoms with Gasteiger partial charge in [-0.05, 0) is 30.4 Å². The van der Waals surface area contributed by atoms with Gasteiger partial charge in [0.05, 0.1) is 18.4 Å². The van der Waals surface area contributed by atoms with Gasteiger partial charge in [0.15, 0.2) is 0 Å². The zero-order valence-electron chi connectivity index (χ0n) is 11.9. The highest BCUT2D eigenvalue weighted by molar-refractivity contribution is 5.94. The van der Waals surface area contributed by atoms with Crippen molar-refractivity contribution in [3.63, 3.8) is 0 Å². The minimum atomic E-state index is -0.938. The van der Waals surface area contributed by atoms with E-state index in [1.54, 1.807) is 25.3 Å². The fraction of sp³-hybridized carbons (Fsp3) is 0.533. The Balaban J connectivity index is 2.12. The van der Waals surface area contributed by atoms with Crippen molar-refractivity contribution in [1.29, 1.82) is 0 Å². The maximum absolute atomic E-state index is 11.3. The monoisotopic (exact) mass is 279 g/mol. The molecule has 5 nitrogen and oxygen atoms in total. The Bertz CT molecular complexity index is 481. The van der Waals surface area contributed by atoms with E-state index in [2.05, 4.69) is 12.2 Å². The van der Waals surface area contributed by atoms with Gasteiger partial charge in [-0.1, -0.05) is 6.92 Å². The van der Waals surface area contributed by atoms with E-state index in [0.717, 1.165) is 32.6 Å². The van der Waals surface area contributed by atoms with Crippen molar-refractivity contribution in [3.8, 4) is 5.75 Å².